The van der Waals surface area contributed by atoms with Crippen molar-refractivity contribution in [2.24, 2.45) is 5.92 Å². The maximum Gasteiger partial charge on any atom is 0.169 e. The van der Waals surface area contributed by atoms with Crippen molar-refractivity contribution < 1.29 is 9.18 Å². The molecular weight excluding hydrogens is 131 g/mol. The van der Waals surface area contributed by atoms with Crippen LogP contribution in [-0.2, 0) is 4.79 Å². The monoisotopic (exact) mass is 146 g/mol. The van der Waals surface area contributed by atoms with Gasteiger partial charge in [0.05, 0.1) is 0 Å². The van der Waals surface area contributed by atoms with Gasteiger partial charge in [-0.25, -0.2) is 4.39 Å². The van der Waals surface area contributed by atoms with Gasteiger partial charge in [-0.2, -0.15) is 0 Å². The molecule has 0 aromatic heterocycles. The lowest BCUT2D eigenvalue weighted by Crippen LogP contribution is -2.21. The number of carbonyl (C=O) groups is 1. The summed E-state index contributed by atoms with van der Waals surface area (Å²) in [4.78, 5) is 10.9. The van der Waals surface area contributed by atoms with E-state index >= 15 is 0 Å². The second kappa shape index (κ2) is 4.42. The number of hydrogen-bond acceptors (Lipinski definition) is 1. The Morgan fingerprint density at radius 3 is 2.20 bits per heavy atom. The highest BCUT2D eigenvalue weighted by atomic mass is 19.1. The normalized spacial score (nSPS) is 16.4. The van der Waals surface area contributed by atoms with Crippen molar-refractivity contribution in [1.82, 2.24) is 0 Å². The lowest BCUT2D eigenvalue weighted by Gasteiger charge is -2.08. The number of alkyl halides is 1. The Morgan fingerprint density at radius 1 is 1.40 bits per heavy atom. The summed E-state index contributed by atoms with van der Waals surface area (Å²) in [6.07, 6.45) is -0.197. The molecule has 0 spiro atoms. The third-order valence-corrected chi connectivity index (χ3v) is 1.77. The molecule has 0 N–H and O–H groups in total. The van der Waals surface area contributed by atoms with E-state index in [0.29, 0.717) is 6.42 Å². The van der Waals surface area contributed by atoms with Gasteiger partial charge in [0.2, 0.25) is 0 Å². The van der Waals surface area contributed by atoms with Gasteiger partial charge in [-0.3, -0.25) is 4.79 Å². The largest absolute Gasteiger partial charge is 0.296 e. The van der Waals surface area contributed by atoms with Crippen LogP contribution in [0.25, 0.3) is 0 Å². The summed E-state index contributed by atoms with van der Waals surface area (Å²) in [6, 6.07) is 0. The summed E-state index contributed by atoms with van der Waals surface area (Å²) in [6.45, 7) is 5.35. The maximum absolute atomic E-state index is 12.6. The molecule has 2 heteroatoms. The van der Waals surface area contributed by atoms with Gasteiger partial charge in [-0.15, -0.1) is 0 Å². The van der Waals surface area contributed by atoms with Crippen LogP contribution < -0.4 is 0 Å². The third-order valence-electron chi connectivity index (χ3n) is 1.77. The van der Waals surface area contributed by atoms with E-state index in [1.54, 1.807) is 13.8 Å². The van der Waals surface area contributed by atoms with E-state index in [0.717, 1.165) is 6.42 Å². The zero-order chi connectivity index (χ0) is 8.15. The topological polar surface area (TPSA) is 17.1 Å². The van der Waals surface area contributed by atoms with Crippen LogP contribution >= 0.6 is 0 Å². The van der Waals surface area contributed by atoms with Crippen molar-refractivity contribution in [2.45, 2.75) is 39.8 Å². The molecule has 0 amide bonds. The molecule has 0 fully saturated rings. The summed E-state index contributed by atoms with van der Waals surface area (Å²) in [5.74, 6) is -0.361. The Labute approximate surface area is 61.6 Å². The third kappa shape index (κ3) is 2.46. The lowest BCUT2D eigenvalue weighted by atomic mass is 9.99. The minimum atomic E-state index is -1.24. The number of hydrogen-bond donors (Lipinski definition) is 0. The van der Waals surface area contributed by atoms with E-state index in [1.807, 2.05) is 6.92 Å². The second-order valence-electron chi connectivity index (χ2n) is 2.59. The first kappa shape index (κ1) is 9.60. The van der Waals surface area contributed by atoms with Crippen molar-refractivity contribution >= 4 is 5.78 Å². The van der Waals surface area contributed by atoms with E-state index in [-0.39, 0.29) is 11.7 Å². The van der Waals surface area contributed by atoms with Gasteiger partial charge in [-0.05, 0) is 12.8 Å². The smallest absolute Gasteiger partial charge is 0.169 e. The fourth-order valence-corrected chi connectivity index (χ4v) is 0.711. The summed E-state index contributed by atoms with van der Waals surface area (Å²) in [7, 11) is 0. The van der Waals surface area contributed by atoms with E-state index in [1.165, 1.54) is 0 Å². The van der Waals surface area contributed by atoms with Gasteiger partial charge < -0.3 is 0 Å². The Hall–Kier alpha value is -0.400. The van der Waals surface area contributed by atoms with Crippen LogP contribution in [0.1, 0.15) is 33.6 Å². The predicted octanol–water partition coefficient (Wildman–Crippen LogP) is 2.35. The number of ketones is 1. The van der Waals surface area contributed by atoms with E-state index < -0.39 is 6.17 Å². The molecule has 0 aliphatic rings. The number of carbonyl (C=O) groups excluding carboxylic acids is 1. The van der Waals surface area contributed by atoms with Gasteiger partial charge in [0.1, 0.15) is 0 Å². The second-order valence-corrected chi connectivity index (χ2v) is 2.59. The number of rotatable bonds is 4. The minimum Gasteiger partial charge on any atom is -0.296 e. The molecule has 0 heterocycles. The average Bonchev–Trinajstić information content (AvgIpc) is 2.00. The molecule has 1 nitrogen and oxygen atoms in total. The van der Waals surface area contributed by atoms with Crippen molar-refractivity contribution in [3.8, 4) is 0 Å². The predicted molar refractivity (Wildman–Crippen MR) is 39.6 cm³/mol. The van der Waals surface area contributed by atoms with Gasteiger partial charge in [-0.1, -0.05) is 20.8 Å². The highest BCUT2D eigenvalue weighted by molar-refractivity contribution is 5.84. The molecule has 0 radical (unpaired) electrons. The highest BCUT2D eigenvalue weighted by Gasteiger charge is 2.19. The minimum absolute atomic E-state index is 0.116. The van der Waals surface area contributed by atoms with Crippen molar-refractivity contribution in [3.05, 3.63) is 0 Å². The van der Waals surface area contributed by atoms with Crippen molar-refractivity contribution in [3.63, 3.8) is 0 Å². The van der Waals surface area contributed by atoms with Crippen LogP contribution in [0.4, 0.5) is 4.39 Å². The van der Waals surface area contributed by atoms with Crippen LogP contribution in [0.2, 0.25) is 0 Å². The molecular formula is C8H15FO. The Kier molecular flexibility index (Phi) is 4.24. The average molecular weight is 146 g/mol. The zero-order valence-corrected chi connectivity index (χ0v) is 6.86. The Balaban J connectivity index is 3.82. The summed E-state index contributed by atoms with van der Waals surface area (Å²) in [5.41, 5.74) is 0. The fraction of sp³-hybridized carbons (Fsp3) is 0.875. The lowest BCUT2D eigenvalue weighted by molar-refractivity contribution is -0.127. The fourth-order valence-electron chi connectivity index (χ4n) is 0.711. The molecule has 10 heavy (non-hydrogen) atoms. The summed E-state index contributed by atoms with van der Waals surface area (Å²) >= 11 is 0. The zero-order valence-electron chi connectivity index (χ0n) is 6.86. The summed E-state index contributed by atoms with van der Waals surface area (Å²) in [5, 5.41) is 0. The Bertz CT molecular complexity index is 99.8. The molecule has 0 saturated heterocycles. The van der Waals surface area contributed by atoms with Crippen LogP contribution in [-0.4, -0.2) is 12.0 Å². The van der Waals surface area contributed by atoms with Gasteiger partial charge in [0, 0.05) is 5.92 Å². The first-order valence-electron chi connectivity index (χ1n) is 3.81. The summed E-state index contributed by atoms with van der Waals surface area (Å²) < 4.78 is 12.6. The van der Waals surface area contributed by atoms with E-state index in [9.17, 15) is 9.18 Å². The molecule has 2 atom stereocenters. The van der Waals surface area contributed by atoms with Crippen LogP contribution in [0, 0.1) is 5.92 Å². The van der Waals surface area contributed by atoms with Crippen LogP contribution in [0.5, 0.6) is 0 Å². The molecule has 0 aliphatic heterocycles. The SMILES string of the molecule is CCC(C)C(=O)C(F)CC. The van der Waals surface area contributed by atoms with Crippen molar-refractivity contribution in [1.29, 1.82) is 0 Å². The number of halogens is 1. The molecule has 0 rings (SSSR count). The first-order valence-corrected chi connectivity index (χ1v) is 3.81. The first-order chi connectivity index (χ1) is 4.63. The molecule has 0 saturated carbocycles. The molecule has 60 valence electrons. The van der Waals surface area contributed by atoms with Crippen LogP contribution in [0.3, 0.4) is 0 Å². The standard InChI is InChI=1S/C8H15FO/c1-4-6(3)8(10)7(9)5-2/h6-7H,4-5H2,1-3H3. The van der Waals surface area contributed by atoms with E-state index in [2.05, 4.69) is 0 Å². The van der Waals surface area contributed by atoms with E-state index in [4.69, 9.17) is 0 Å². The maximum atomic E-state index is 12.6. The highest BCUT2D eigenvalue weighted by Crippen LogP contribution is 2.09. The quantitative estimate of drug-likeness (QED) is 0.595. The van der Waals surface area contributed by atoms with Crippen LogP contribution in [0.15, 0.2) is 0 Å². The van der Waals surface area contributed by atoms with Gasteiger partial charge in [0.25, 0.3) is 0 Å². The molecule has 0 aromatic carbocycles. The molecule has 0 aliphatic carbocycles. The molecule has 0 aromatic rings. The van der Waals surface area contributed by atoms with Gasteiger partial charge >= 0.3 is 0 Å². The molecule has 0 bridgehead atoms. The number of Topliss-reactive ketones (excluding diaryl/α,β-unsaturated/α-hetero) is 1. The Morgan fingerprint density at radius 2 is 1.90 bits per heavy atom. The van der Waals surface area contributed by atoms with Gasteiger partial charge in [0.15, 0.2) is 12.0 Å². The molecule has 2 unspecified atom stereocenters. The van der Waals surface area contributed by atoms with Crippen molar-refractivity contribution in [2.75, 3.05) is 0 Å².